The zero-order chi connectivity index (χ0) is 27.3. The largest absolute Gasteiger partial charge is 0.379 e. The first kappa shape index (κ1) is 28.3. The van der Waals surface area contributed by atoms with Gasteiger partial charge in [0.15, 0.2) is 0 Å². The van der Waals surface area contributed by atoms with E-state index in [-0.39, 0.29) is 23.2 Å². The molecule has 38 heavy (non-hydrogen) atoms. The van der Waals surface area contributed by atoms with E-state index in [1.165, 1.54) is 12.1 Å². The lowest BCUT2D eigenvalue weighted by Gasteiger charge is -2.38. The number of sulfonamides is 1. The highest BCUT2D eigenvalue weighted by molar-refractivity contribution is 7.89. The molecule has 0 saturated carbocycles. The van der Waals surface area contributed by atoms with Crippen molar-refractivity contribution in [2.24, 2.45) is 5.41 Å². The van der Waals surface area contributed by atoms with Crippen LogP contribution in [-0.4, -0.2) is 84.8 Å². The van der Waals surface area contributed by atoms with Gasteiger partial charge in [-0.1, -0.05) is 32.9 Å². The van der Waals surface area contributed by atoms with Crippen LogP contribution in [-0.2, 0) is 19.6 Å². The summed E-state index contributed by atoms with van der Waals surface area (Å²) in [5, 5.41) is 2.85. The SMILES string of the molecule is CC(C)(C)C(=O)Nc1ccc(N2CCN(c3ccccc3F)CC2)c(S(=O)(=O)NCCN2CCOCC2)c1. The second-order valence-electron chi connectivity index (χ2n) is 10.7. The molecule has 0 aliphatic carbocycles. The molecule has 2 saturated heterocycles. The molecule has 0 aromatic heterocycles. The van der Waals surface area contributed by atoms with Gasteiger partial charge in [0, 0.05) is 63.5 Å². The number of nitrogens with zero attached hydrogens (tertiary/aromatic N) is 3. The van der Waals surface area contributed by atoms with Crippen LogP contribution in [0.5, 0.6) is 0 Å². The van der Waals surface area contributed by atoms with Gasteiger partial charge in [-0.3, -0.25) is 9.69 Å². The smallest absolute Gasteiger partial charge is 0.242 e. The highest BCUT2D eigenvalue weighted by Crippen LogP contribution is 2.31. The number of piperazine rings is 1. The van der Waals surface area contributed by atoms with Crippen LogP contribution in [0.25, 0.3) is 0 Å². The van der Waals surface area contributed by atoms with Crippen LogP contribution in [0.1, 0.15) is 20.8 Å². The van der Waals surface area contributed by atoms with Gasteiger partial charge in [0.05, 0.1) is 24.6 Å². The Hall–Kier alpha value is -2.73. The fourth-order valence-electron chi connectivity index (χ4n) is 4.52. The van der Waals surface area contributed by atoms with Crippen molar-refractivity contribution in [3.05, 3.63) is 48.3 Å². The van der Waals surface area contributed by atoms with E-state index < -0.39 is 15.4 Å². The van der Waals surface area contributed by atoms with E-state index in [4.69, 9.17) is 4.74 Å². The third kappa shape index (κ3) is 7.02. The molecule has 1 amide bonds. The summed E-state index contributed by atoms with van der Waals surface area (Å²) in [6.07, 6.45) is 0. The van der Waals surface area contributed by atoms with Crippen LogP contribution in [0.15, 0.2) is 47.4 Å². The molecule has 0 bridgehead atoms. The van der Waals surface area contributed by atoms with E-state index in [1.807, 2.05) is 15.9 Å². The number of carbonyl (C=O) groups excluding carboxylic acids is 1. The molecule has 9 nitrogen and oxygen atoms in total. The van der Waals surface area contributed by atoms with Gasteiger partial charge < -0.3 is 19.9 Å². The van der Waals surface area contributed by atoms with Crippen LogP contribution < -0.4 is 19.8 Å². The molecule has 0 radical (unpaired) electrons. The Bertz CT molecular complexity index is 1220. The Morgan fingerprint density at radius 1 is 0.947 bits per heavy atom. The molecule has 4 rings (SSSR count). The van der Waals surface area contributed by atoms with Gasteiger partial charge in [-0.05, 0) is 30.3 Å². The third-order valence-corrected chi connectivity index (χ3v) is 8.32. The summed E-state index contributed by atoms with van der Waals surface area (Å²) in [5.74, 6) is -0.472. The van der Waals surface area contributed by atoms with E-state index in [9.17, 15) is 17.6 Å². The minimum absolute atomic E-state index is 0.116. The van der Waals surface area contributed by atoms with Crippen LogP contribution in [0.2, 0.25) is 0 Å². The maximum Gasteiger partial charge on any atom is 0.242 e. The standard InChI is InChI=1S/C27H38FN5O4S/c1-27(2,3)26(34)30-21-8-9-24(33-14-12-32(13-15-33)23-7-5-4-6-22(23)28)25(20-21)38(35,36)29-10-11-31-16-18-37-19-17-31/h4-9,20,29H,10-19H2,1-3H3,(H,30,34). The molecule has 208 valence electrons. The quantitative estimate of drug-likeness (QED) is 0.525. The van der Waals surface area contributed by atoms with E-state index in [2.05, 4.69) is 14.9 Å². The van der Waals surface area contributed by atoms with Crippen molar-refractivity contribution in [1.82, 2.24) is 9.62 Å². The normalized spacial score (nSPS) is 17.5. The molecule has 2 N–H and O–H groups in total. The fraction of sp³-hybridized carbons (Fsp3) is 0.519. The lowest BCUT2D eigenvalue weighted by Crippen LogP contribution is -2.47. The minimum atomic E-state index is -3.88. The zero-order valence-corrected chi connectivity index (χ0v) is 23.2. The van der Waals surface area contributed by atoms with Crippen molar-refractivity contribution >= 4 is 33.0 Å². The summed E-state index contributed by atoms with van der Waals surface area (Å²) in [5.41, 5.74) is 0.903. The minimum Gasteiger partial charge on any atom is -0.379 e. The first-order chi connectivity index (χ1) is 18.0. The van der Waals surface area contributed by atoms with Crippen LogP contribution in [0, 0.1) is 11.2 Å². The molecular formula is C27H38FN5O4S. The van der Waals surface area contributed by atoms with Gasteiger partial charge in [0.1, 0.15) is 10.7 Å². The van der Waals surface area contributed by atoms with E-state index in [0.717, 1.165) is 13.1 Å². The summed E-state index contributed by atoms with van der Waals surface area (Å²) in [6.45, 7) is 11.2. The predicted octanol–water partition coefficient (Wildman–Crippen LogP) is 2.75. The predicted molar refractivity (Wildman–Crippen MR) is 148 cm³/mol. The number of amides is 1. The number of ether oxygens (including phenoxy) is 1. The summed E-state index contributed by atoms with van der Waals surface area (Å²) in [6, 6.07) is 11.7. The van der Waals surface area contributed by atoms with Crippen molar-refractivity contribution in [2.75, 3.05) is 80.7 Å². The van der Waals surface area contributed by atoms with Gasteiger partial charge >= 0.3 is 0 Å². The number of carbonyl (C=O) groups is 1. The number of para-hydroxylation sites is 1. The molecule has 2 aliphatic rings. The Kier molecular flexibility index (Phi) is 8.92. The molecule has 0 unspecified atom stereocenters. The third-order valence-electron chi connectivity index (χ3n) is 6.83. The van der Waals surface area contributed by atoms with Gasteiger partial charge in [-0.25, -0.2) is 17.5 Å². The lowest BCUT2D eigenvalue weighted by molar-refractivity contribution is -0.123. The van der Waals surface area contributed by atoms with Crippen LogP contribution in [0.4, 0.5) is 21.5 Å². The topological polar surface area (TPSA) is 94.2 Å². The molecule has 2 aromatic rings. The Labute approximate surface area is 225 Å². The average molecular weight is 548 g/mol. The molecule has 2 fully saturated rings. The molecule has 0 spiro atoms. The number of rotatable bonds is 8. The van der Waals surface area contributed by atoms with E-state index >= 15 is 0 Å². The fourth-order valence-corrected chi connectivity index (χ4v) is 5.79. The number of anilines is 3. The summed E-state index contributed by atoms with van der Waals surface area (Å²) in [7, 11) is -3.88. The summed E-state index contributed by atoms with van der Waals surface area (Å²) < 4.78 is 49.5. The maximum absolute atomic E-state index is 14.3. The van der Waals surface area contributed by atoms with Crippen LogP contribution in [0.3, 0.4) is 0 Å². The van der Waals surface area contributed by atoms with E-state index in [0.29, 0.717) is 63.0 Å². The number of halogens is 1. The second-order valence-corrected chi connectivity index (χ2v) is 12.4. The highest BCUT2D eigenvalue weighted by atomic mass is 32.2. The van der Waals surface area contributed by atoms with Crippen molar-refractivity contribution < 1.29 is 22.3 Å². The van der Waals surface area contributed by atoms with Crippen molar-refractivity contribution in [2.45, 2.75) is 25.7 Å². The molecular weight excluding hydrogens is 509 g/mol. The first-order valence-electron chi connectivity index (χ1n) is 13.0. The Morgan fingerprint density at radius 3 is 2.21 bits per heavy atom. The van der Waals surface area contributed by atoms with Gasteiger partial charge in [0.25, 0.3) is 0 Å². The highest BCUT2D eigenvalue weighted by Gasteiger charge is 2.28. The molecule has 0 atom stereocenters. The Balaban J connectivity index is 1.54. The second kappa shape index (κ2) is 12.0. The lowest BCUT2D eigenvalue weighted by atomic mass is 9.95. The van der Waals surface area contributed by atoms with Crippen molar-refractivity contribution in [3.8, 4) is 0 Å². The summed E-state index contributed by atoms with van der Waals surface area (Å²) in [4.78, 5) is 18.8. The van der Waals surface area contributed by atoms with Crippen molar-refractivity contribution in [1.29, 1.82) is 0 Å². The summed E-state index contributed by atoms with van der Waals surface area (Å²) >= 11 is 0. The number of hydrogen-bond acceptors (Lipinski definition) is 7. The maximum atomic E-state index is 14.3. The monoisotopic (exact) mass is 547 g/mol. The van der Waals surface area contributed by atoms with Gasteiger partial charge in [0.2, 0.25) is 15.9 Å². The average Bonchev–Trinajstić information content (AvgIpc) is 2.89. The number of hydrogen-bond donors (Lipinski definition) is 2. The van der Waals surface area contributed by atoms with E-state index in [1.54, 1.807) is 45.0 Å². The van der Waals surface area contributed by atoms with Crippen molar-refractivity contribution in [3.63, 3.8) is 0 Å². The molecule has 11 heteroatoms. The van der Waals surface area contributed by atoms with Crippen LogP contribution >= 0.6 is 0 Å². The number of morpholine rings is 1. The Morgan fingerprint density at radius 2 is 1.58 bits per heavy atom. The first-order valence-corrected chi connectivity index (χ1v) is 14.5. The van der Waals surface area contributed by atoms with Gasteiger partial charge in [-0.2, -0.15) is 0 Å². The molecule has 2 aromatic carbocycles. The molecule has 2 heterocycles. The number of benzene rings is 2. The zero-order valence-electron chi connectivity index (χ0n) is 22.4. The molecule has 2 aliphatic heterocycles. The number of nitrogens with one attached hydrogen (secondary N) is 2. The van der Waals surface area contributed by atoms with Gasteiger partial charge in [-0.15, -0.1) is 0 Å².